The second-order valence-corrected chi connectivity index (χ2v) is 4.65. The van der Waals surface area contributed by atoms with Crippen LogP contribution in [0.2, 0.25) is 0 Å². The molecule has 1 aliphatic heterocycles. The van der Waals surface area contributed by atoms with Crippen molar-refractivity contribution in [1.29, 1.82) is 0 Å². The van der Waals surface area contributed by atoms with Crippen molar-refractivity contribution in [2.75, 3.05) is 43.1 Å². The molecule has 0 radical (unpaired) electrons. The number of nitrogens with zero attached hydrogens (tertiary/aromatic N) is 5. The van der Waals surface area contributed by atoms with Gasteiger partial charge in [0.1, 0.15) is 0 Å². The van der Waals surface area contributed by atoms with Gasteiger partial charge in [-0.05, 0) is 19.1 Å². The highest BCUT2D eigenvalue weighted by Crippen LogP contribution is 2.19. The molecule has 110 valence electrons. The molecule has 21 heavy (non-hydrogen) atoms. The summed E-state index contributed by atoms with van der Waals surface area (Å²) in [5.74, 6) is 1.91. The Kier molecular flexibility index (Phi) is 4.20. The zero-order chi connectivity index (χ0) is 14.5. The van der Waals surface area contributed by atoms with Crippen LogP contribution in [-0.4, -0.2) is 52.8 Å². The van der Waals surface area contributed by atoms with Gasteiger partial charge in [-0.3, -0.25) is 4.98 Å². The maximum absolute atomic E-state index is 5.38. The number of nitrogens with one attached hydrogen (secondary N) is 1. The van der Waals surface area contributed by atoms with Gasteiger partial charge in [-0.15, -0.1) is 0 Å². The zero-order valence-electron chi connectivity index (χ0n) is 12.0. The van der Waals surface area contributed by atoms with E-state index in [1.807, 2.05) is 19.1 Å². The second-order valence-electron chi connectivity index (χ2n) is 4.65. The lowest BCUT2D eigenvalue weighted by Crippen LogP contribution is -2.37. The summed E-state index contributed by atoms with van der Waals surface area (Å²) in [7, 11) is 0. The van der Waals surface area contributed by atoms with Gasteiger partial charge in [0.25, 0.3) is 0 Å². The molecular weight excluding hydrogens is 268 g/mol. The Labute approximate surface area is 123 Å². The highest BCUT2D eigenvalue weighted by Gasteiger charge is 2.17. The Hall–Kier alpha value is -2.28. The van der Waals surface area contributed by atoms with Gasteiger partial charge in [0.2, 0.25) is 11.9 Å². The van der Waals surface area contributed by atoms with E-state index in [2.05, 4.69) is 30.2 Å². The molecule has 0 saturated carbocycles. The molecule has 3 heterocycles. The molecule has 1 saturated heterocycles. The summed E-state index contributed by atoms with van der Waals surface area (Å²) in [5.41, 5.74) is 0.883. The van der Waals surface area contributed by atoms with E-state index in [0.717, 1.165) is 25.2 Å². The molecule has 0 amide bonds. The molecule has 0 bridgehead atoms. The third-order valence-electron chi connectivity index (χ3n) is 3.17. The topological polar surface area (TPSA) is 76.1 Å². The quantitative estimate of drug-likeness (QED) is 0.905. The maximum Gasteiger partial charge on any atom is 0.230 e. The van der Waals surface area contributed by atoms with E-state index in [1.165, 1.54) is 0 Å². The van der Waals surface area contributed by atoms with E-state index in [9.17, 15) is 0 Å². The van der Waals surface area contributed by atoms with E-state index in [-0.39, 0.29) is 0 Å². The zero-order valence-corrected chi connectivity index (χ0v) is 12.0. The van der Waals surface area contributed by atoms with Crippen LogP contribution >= 0.6 is 0 Å². The first-order chi connectivity index (χ1) is 10.4. The van der Waals surface area contributed by atoms with Gasteiger partial charge in [-0.1, -0.05) is 0 Å². The van der Waals surface area contributed by atoms with Gasteiger partial charge in [0.15, 0.2) is 5.82 Å². The lowest BCUT2D eigenvalue weighted by atomic mass is 10.3. The van der Waals surface area contributed by atoms with Gasteiger partial charge in [0.05, 0.1) is 13.2 Å². The Morgan fingerprint density at radius 3 is 2.81 bits per heavy atom. The lowest BCUT2D eigenvalue weighted by Gasteiger charge is -2.27. The average Bonchev–Trinajstić information content (AvgIpc) is 2.56. The fourth-order valence-corrected chi connectivity index (χ4v) is 2.13. The molecule has 0 spiro atoms. The first-order valence-electron chi connectivity index (χ1n) is 7.10. The molecule has 0 aromatic carbocycles. The number of hydrogen-bond donors (Lipinski definition) is 1. The highest BCUT2D eigenvalue weighted by atomic mass is 16.5. The number of anilines is 2. The fourth-order valence-electron chi connectivity index (χ4n) is 2.13. The summed E-state index contributed by atoms with van der Waals surface area (Å²) < 4.78 is 5.38. The standard InChI is InChI=1S/C14H18N6O/c1-2-16-13-17-12(11-4-3-5-15-10-11)18-14(19-13)20-6-8-21-9-7-20/h3-5,10H,2,6-9H2,1H3,(H,16,17,18,19). The first-order valence-corrected chi connectivity index (χ1v) is 7.10. The minimum atomic E-state index is 0.591. The molecule has 7 nitrogen and oxygen atoms in total. The third kappa shape index (κ3) is 3.25. The molecule has 7 heteroatoms. The molecule has 0 aliphatic carbocycles. The van der Waals surface area contributed by atoms with Crippen LogP contribution in [0.15, 0.2) is 24.5 Å². The monoisotopic (exact) mass is 286 g/mol. The number of morpholine rings is 1. The smallest absolute Gasteiger partial charge is 0.230 e. The van der Waals surface area contributed by atoms with Gasteiger partial charge >= 0.3 is 0 Å². The van der Waals surface area contributed by atoms with E-state index in [1.54, 1.807) is 12.4 Å². The molecule has 1 aliphatic rings. The third-order valence-corrected chi connectivity index (χ3v) is 3.17. The van der Waals surface area contributed by atoms with Crippen LogP contribution in [0.5, 0.6) is 0 Å². The van der Waals surface area contributed by atoms with Crippen LogP contribution in [0.3, 0.4) is 0 Å². The molecule has 3 rings (SSSR count). The van der Waals surface area contributed by atoms with Crippen LogP contribution in [0.25, 0.3) is 11.4 Å². The normalized spacial score (nSPS) is 15.0. The number of ether oxygens (including phenoxy) is 1. The molecule has 0 atom stereocenters. The van der Waals surface area contributed by atoms with Gasteiger partial charge in [-0.2, -0.15) is 15.0 Å². The number of rotatable bonds is 4. The van der Waals surface area contributed by atoms with Gasteiger partial charge in [-0.25, -0.2) is 0 Å². The van der Waals surface area contributed by atoms with Crippen molar-refractivity contribution >= 4 is 11.9 Å². The molecule has 1 fully saturated rings. The van der Waals surface area contributed by atoms with Crippen molar-refractivity contribution in [3.05, 3.63) is 24.5 Å². The summed E-state index contributed by atoms with van der Waals surface area (Å²) in [6.45, 7) is 5.76. The number of aromatic nitrogens is 4. The maximum atomic E-state index is 5.38. The van der Waals surface area contributed by atoms with E-state index < -0.39 is 0 Å². The van der Waals surface area contributed by atoms with Crippen molar-refractivity contribution in [3.8, 4) is 11.4 Å². The Morgan fingerprint density at radius 1 is 1.24 bits per heavy atom. The average molecular weight is 286 g/mol. The SMILES string of the molecule is CCNc1nc(-c2cccnc2)nc(N2CCOCC2)n1. The lowest BCUT2D eigenvalue weighted by molar-refractivity contribution is 0.122. The Morgan fingerprint density at radius 2 is 2.10 bits per heavy atom. The van der Waals surface area contributed by atoms with Crippen molar-refractivity contribution in [3.63, 3.8) is 0 Å². The van der Waals surface area contributed by atoms with E-state index in [0.29, 0.717) is 30.9 Å². The summed E-state index contributed by atoms with van der Waals surface area (Å²) in [5, 5.41) is 3.16. The predicted octanol–water partition coefficient (Wildman–Crippen LogP) is 1.20. The summed E-state index contributed by atoms with van der Waals surface area (Å²) in [6, 6.07) is 3.82. The molecule has 0 unspecified atom stereocenters. The van der Waals surface area contributed by atoms with Crippen LogP contribution in [0.1, 0.15) is 6.92 Å². The summed E-state index contributed by atoms with van der Waals surface area (Å²) in [6.07, 6.45) is 3.49. The van der Waals surface area contributed by atoms with Crippen molar-refractivity contribution < 1.29 is 4.74 Å². The molecule has 1 N–H and O–H groups in total. The van der Waals surface area contributed by atoms with Crippen molar-refractivity contribution in [2.24, 2.45) is 0 Å². The number of pyridine rings is 1. The molecule has 2 aromatic rings. The molecular formula is C14H18N6O. The van der Waals surface area contributed by atoms with Crippen molar-refractivity contribution in [2.45, 2.75) is 6.92 Å². The van der Waals surface area contributed by atoms with Gasteiger partial charge < -0.3 is 15.0 Å². The van der Waals surface area contributed by atoms with Crippen LogP contribution in [0.4, 0.5) is 11.9 Å². The van der Waals surface area contributed by atoms with E-state index >= 15 is 0 Å². The second kappa shape index (κ2) is 6.45. The first kappa shape index (κ1) is 13.7. The highest BCUT2D eigenvalue weighted by molar-refractivity contribution is 5.57. The van der Waals surface area contributed by atoms with Gasteiger partial charge in [0, 0.05) is 37.6 Å². The minimum Gasteiger partial charge on any atom is -0.378 e. The van der Waals surface area contributed by atoms with E-state index in [4.69, 9.17) is 4.74 Å². The summed E-state index contributed by atoms with van der Waals surface area (Å²) >= 11 is 0. The number of hydrogen-bond acceptors (Lipinski definition) is 7. The van der Waals surface area contributed by atoms with Crippen LogP contribution in [0, 0.1) is 0 Å². The Bertz CT molecular complexity index is 585. The summed E-state index contributed by atoms with van der Waals surface area (Å²) in [4.78, 5) is 19.8. The predicted molar refractivity (Wildman–Crippen MR) is 80.3 cm³/mol. The van der Waals surface area contributed by atoms with Crippen molar-refractivity contribution in [1.82, 2.24) is 19.9 Å². The fraction of sp³-hybridized carbons (Fsp3) is 0.429. The minimum absolute atomic E-state index is 0.591. The van der Waals surface area contributed by atoms with Crippen LogP contribution < -0.4 is 10.2 Å². The Balaban J connectivity index is 1.97. The van der Waals surface area contributed by atoms with Crippen LogP contribution in [-0.2, 0) is 4.74 Å². The molecule has 2 aromatic heterocycles. The largest absolute Gasteiger partial charge is 0.378 e.